The van der Waals surface area contributed by atoms with E-state index in [2.05, 4.69) is 5.10 Å². The lowest BCUT2D eigenvalue weighted by atomic mass is 10.0. The van der Waals surface area contributed by atoms with Crippen LogP contribution in [0.15, 0.2) is 23.3 Å². The molecule has 0 unspecified atom stereocenters. The third-order valence-corrected chi connectivity index (χ3v) is 3.18. The number of aryl methyl sites for hydroxylation is 1. The summed E-state index contributed by atoms with van der Waals surface area (Å²) >= 11 is 0. The number of esters is 1. The molecule has 0 fully saturated rings. The number of ether oxygens (including phenoxy) is 1. The minimum Gasteiger partial charge on any atom is -0.465 e. The van der Waals surface area contributed by atoms with Crippen LogP contribution in [0.4, 0.5) is 4.39 Å². The van der Waals surface area contributed by atoms with Crippen LogP contribution in [0.2, 0.25) is 0 Å². The normalized spacial score (nSPS) is 14.9. The molecule has 1 amide bonds. The number of carbonyl (C=O) groups is 2. The quantitative estimate of drug-likeness (QED) is 0.798. The summed E-state index contributed by atoms with van der Waals surface area (Å²) in [5.41, 5.74) is 1.95. The van der Waals surface area contributed by atoms with Crippen molar-refractivity contribution in [2.75, 3.05) is 13.2 Å². The number of hydrogen-bond donors (Lipinski definition) is 0. The summed E-state index contributed by atoms with van der Waals surface area (Å²) in [6, 6.07) is 4.69. The lowest BCUT2D eigenvalue weighted by Crippen LogP contribution is -2.36. The second kappa shape index (κ2) is 6.47. The standard InChI is InChI=1S/C15H17FN2O3/c1-3-21-15(20)9-18-14(19)7-6-13(17-18)11-4-5-12(16)10(2)8-11/h4-5,8H,3,6-7,9H2,1-2H3. The first kappa shape index (κ1) is 15.2. The zero-order valence-electron chi connectivity index (χ0n) is 12.1. The molecule has 1 aromatic rings. The van der Waals surface area contributed by atoms with Crippen LogP contribution < -0.4 is 0 Å². The Balaban J connectivity index is 2.21. The summed E-state index contributed by atoms with van der Waals surface area (Å²) in [6.45, 7) is 3.43. The van der Waals surface area contributed by atoms with Gasteiger partial charge in [-0.2, -0.15) is 5.10 Å². The van der Waals surface area contributed by atoms with Gasteiger partial charge in [0.25, 0.3) is 0 Å². The Morgan fingerprint density at radius 2 is 2.19 bits per heavy atom. The molecule has 2 rings (SSSR count). The molecule has 6 heteroatoms. The van der Waals surface area contributed by atoms with E-state index in [1.165, 1.54) is 6.07 Å². The van der Waals surface area contributed by atoms with Gasteiger partial charge in [-0.15, -0.1) is 0 Å². The topological polar surface area (TPSA) is 59.0 Å². The van der Waals surface area contributed by atoms with Crippen molar-refractivity contribution in [1.82, 2.24) is 5.01 Å². The van der Waals surface area contributed by atoms with Crippen molar-refractivity contribution in [1.29, 1.82) is 0 Å². The highest BCUT2D eigenvalue weighted by atomic mass is 19.1. The maximum Gasteiger partial charge on any atom is 0.327 e. The van der Waals surface area contributed by atoms with Crippen LogP contribution in [0.25, 0.3) is 0 Å². The smallest absolute Gasteiger partial charge is 0.327 e. The Morgan fingerprint density at radius 1 is 1.43 bits per heavy atom. The highest BCUT2D eigenvalue weighted by Gasteiger charge is 2.24. The second-order valence-corrected chi connectivity index (χ2v) is 4.77. The molecule has 0 saturated carbocycles. The predicted octanol–water partition coefficient (Wildman–Crippen LogP) is 2.02. The Morgan fingerprint density at radius 3 is 2.86 bits per heavy atom. The first-order valence-electron chi connectivity index (χ1n) is 6.81. The summed E-state index contributed by atoms with van der Waals surface area (Å²) in [5, 5.41) is 5.32. The molecule has 1 aliphatic rings. The zero-order valence-corrected chi connectivity index (χ0v) is 12.1. The van der Waals surface area contributed by atoms with E-state index in [4.69, 9.17) is 4.74 Å². The van der Waals surface area contributed by atoms with Gasteiger partial charge in [0.05, 0.1) is 12.3 Å². The Kier molecular flexibility index (Phi) is 4.67. The maximum absolute atomic E-state index is 13.3. The first-order chi connectivity index (χ1) is 10.0. The summed E-state index contributed by atoms with van der Waals surface area (Å²) < 4.78 is 18.1. The number of hydrogen-bond acceptors (Lipinski definition) is 4. The van der Waals surface area contributed by atoms with Crippen molar-refractivity contribution in [2.45, 2.75) is 26.7 Å². The van der Waals surface area contributed by atoms with E-state index in [9.17, 15) is 14.0 Å². The lowest BCUT2D eigenvalue weighted by molar-refractivity contribution is -0.149. The van der Waals surface area contributed by atoms with Gasteiger partial charge < -0.3 is 4.74 Å². The van der Waals surface area contributed by atoms with Crippen molar-refractivity contribution in [3.63, 3.8) is 0 Å². The average molecular weight is 292 g/mol. The van der Waals surface area contributed by atoms with Gasteiger partial charge in [-0.05, 0) is 37.1 Å². The van der Waals surface area contributed by atoms with Crippen LogP contribution in [0.3, 0.4) is 0 Å². The number of nitrogens with zero attached hydrogens (tertiary/aromatic N) is 2. The van der Waals surface area contributed by atoms with E-state index in [1.807, 2.05) is 0 Å². The van der Waals surface area contributed by atoms with Crippen LogP contribution in [0.5, 0.6) is 0 Å². The Hall–Kier alpha value is -2.24. The van der Waals surface area contributed by atoms with Crippen LogP contribution in [-0.2, 0) is 14.3 Å². The predicted molar refractivity (Wildman–Crippen MR) is 75.3 cm³/mol. The van der Waals surface area contributed by atoms with Gasteiger partial charge >= 0.3 is 5.97 Å². The summed E-state index contributed by atoms with van der Waals surface area (Å²) in [5.74, 6) is -0.994. The van der Waals surface area contributed by atoms with Crippen LogP contribution in [0, 0.1) is 12.7 Å². The number of rotatable bonds is 4. The van der Waals surface area contributed by atoms with Crippen LogP contribution >= 0.6 is 0 Å². The summed E-state index contributed by atoms with van der Waals surface area (Å²) in [7, 11) is 0. The summed E-state index contributed by atoms with van der Waals surface area (Å²) in [6.07, 6.45) is 0.748. The van der Waals surface area contributed by atoms with E-state index >= 15 is 0 Å². The molecule has 1 aliphatic heterocycles. The highest BCUT2D eigenvalue weighted by molar-refractivity contribution is 6.04. The molecule has 0 aromatic heterocycles. The van der Waals surface area contributed by atoms with Gasteiger partial charge in [0.2, 0.25) is 5.91 Å². The van der Waals surface area contributed by atoms with Crippen LogP contribution in [0.1, 0.15) is 30.9 Å². The molecule has 0 spiro atoms. The van der Waals surface area contributed by atoms with Gasteiger partial charge in [-0.1, -0.05) is 6.07 Å². The molecule has 0 aliphatic carbocycles. The molecule has 21 heavy (non-hydrogen) atoms. The minimum atomic E-state index is -0.494. The summed E-state index contributed by atoms with van der Waals surface area (Å²) in [4.78, 5) is 23.2. The fraction of sp³-hybridized carbons (Fsp3) is 0.400. The largest absolute Gasteiger partial charge is 0.465 e. The number of carbonyl (C=O) groups excluding carboxylic acids is 2. The monoisotopic (exact) mass is 292 g/mol. The van der Waals surface area contributed by atoms with Crippen molar-refractivity contribution >= 4 is 17.6 Å². The fourth-order valence-corrected chi connectivity index (χ4v) is 2.08. The molecule has 1 heterocycles. The molecule has 0 atom stereocenters. The number of benzene rings is 1. The molecule has 0 radical (unpaired) electrons. The average Bonchev–Trinajstić information content (AvgIpc) is 2.44. The molecular weight excluding hydrogens is 275 g/mol. The lowest BCUT2D eigenvalue weighted by Gasteiger charge is -2.23. The van der Waals surface area contributed by atoms with Crippen LogP contribution in [-0.4, -0.2) is 35.7 Å². The second-order valence-electron chi connectivity index (χ2n) is 4.77. The van der Waals surface area contributed by atoms with E-state index in [1.54, 1.807) is 26.0 Å². The van der Waals surface area contributed by atoms with Gasteiger partial charge in [0.1, 0.15) is 12.4 Å². The minimum absolute atomic E-state index is 0.198. The van der Waals surface area contributed by atoms with E-state index in [0.717, 1.165) is 10.6 Å². The maximum atomic E-state index is 13.3. The third kappa shape index (κ3) is 3.65. The van der Waals surface area contributed by atoms with Gasteiger partial charge in [-0.3, -0.25) is 9.59 Å². The van der Waals surface area contributed by atoms with Crippen molar-refractivity contribution in [2.24, 2.45) is 5.10 Å². The SMILES string of the molecule is CCOC(=O)CN1N=C(c2ccc(F)c(C)c2)CCC1=O. The highest BCUT2D eigenvalue weighted by Crippen LogP contribution is 2.17. The van der Waals surface area contributed by atoms with Gasteiger partial charge in [0.15, 0.2) is 0 Å². The van der Waals surface area contributed by atoms with Crippen molar-refractivity contribution < 1.29 is 18.7 Å². The van der Waals surface area contributed by atoms with Crippen molar-refractivity contribution in [3.8, 4) is 0 Å². The van der Waals surface area contributed by atoms with E-state index in [-0.39, 0.29) is 31.3 Å². The number of amides is 1. The fourth-order valence-electron chi connectivity index (χ4n) is 2.08. The Bertz CT molecular complexity index is 599. The molecule has 0 saturated heterocycles. The third-order valence-electron chi connectivity index (χ3n) is 3.18. The van der Waals surface area contributed by atoms with E-state index in [0.29, 0.717) is 17.7 Å². The molecular formula is C15H17FN2O3. The Labute approximate surface area is 122 Å². The molecule has 5 nitrogen and oxygen atoms in total. The van der Waals surface area contributed by atoms with Gasteiger partial charge in [0, 0.05) is 12.8 Å². The number of hydrazone groups is 1. The zero-order chi connectivity index (χ0) is 15.4. The first-order valence-corrected chi connectivity index (χ1v) is 6.81. The molecule has 0 N–H and O–H groups in total. The van der Waals surface area contributed by atoms with Gasteiger partial charge in [-0.25, -0.2) is 9.40 Å². The van der Waals surface area contributed by atoms with E-state index < -0.39 is 5.97 Å². The molecule has 112 valence electrons. The number of halogens is 1. The van der Waals surface area contributed by atoms with Crippen molar-refractivity contribution in [3.05, 3.63) is 35.1 Å². The molecule has 1 aromatic carbocycles. The molecule has 0 bridgehead atoms.